The van der Waals surface area contributed by atoms with Crippen LogP contribution in [0.4, 0.5) is 5.69 Å². The number of carbonyl (C=O) groups excluding carboxylic acids is 1. The minimum Gasteiger partial charge on any atom is -0.348 e. The van der Waals surface area contributed by atoms with E-state index in [4.69, 9.17) is 11.6 Å². The second kappa shape index (κ2) is 6.02. The van der Waals surface area contributed by atoms with Gasteiger partial charge in [-0.2, -0.15) is 11.3 Å². The van der Waals surface area contributed by atoms with Gasteiger partial charge in [-0.1, -0.05) is 11.6 Å². The fraction of sp³-hybridized carbons (Fsp3) is 0.154. The van der Waals surface area contributed by atoms with Crippen LogP contribution in [0.1, 0.15) is 21.5 Å². The summed E-state index contributed by atoms with van der Waals surface area (Å²) < 4.78 is 0. The number of benzene rings is 1. The normalized spacial score (nSPS) is 10.3. The molecule has 1 amide bonds. The van der Waals surface area contributed by atoms with Crippen molar-refractivity contribution in [1.82, 2.24) is 5.32 Å². The van der Waals surface area contributed by atoms with Gasteiger partial charge in [-0.25, -0.2) is 0 Å². The van der Waals surface area contributed by atoms with Crippen LogP contribution in [0.3, 0.4) is 0 Å². The zero-order chi connectivity index (χ0) is 14.7. The number of rotatable bonds is 4. The van der Waals surface area contributed by atoms with E-state index in [1.165, 1.54) is 18.2 Å². The largest absolute Gasteiger partial charge is 0.348 e. The van der Waals surface area contributed by atoms with E-state index in [1.54, 1.807) is 11.3 Å². The van der Waals surface area contributed by atoms with Crippen molar-refractivity contribution in [3.05, 3.63) is 60.8 Å². The maximum atomic E-state index is 11.9. The van der Waals surface area contributed by atoms with Gasteiger partial charge in [0.1, 0.15) is 5.02 Å². The van der Waals surface area contributed by atoms with Gasteiger partial charge in [-0.15, -0.1) is 0 Å². The predicted molar refractivity (Wildman–Crippen MR) is 78.3 cm³/mol. The Labute approximate surface area is 124 Å². The number of hydrogen-bond donors (Lipinski definition) is 1. The Morgan fingerprint density at radius 2 is 2.20 bits per heavy atom. The molecule has 1 aromatic heterocycles. The van der Waals surface area contributed by atoms with Crippen LogP contribution in [-0.2, 0) is 6.54 Å². The van der Waals surface area contributed by atoms with Gasteiger partial charge in [-0.05, 0) is 40.9 Å². The molecule has 0 aliphatic carbocycles. The summed E-state index contributed by atoms with van der Waals surface area (Å²) >= 11 is 7.35. The first-order valence-electron chi connectivity index (χ1n) is 5.73. The molecule has 0 bridgehead atoms. The molecule has 104 valence electrons. The number of nitrogens with one attached hydrogen (secondary N) is 1. The van der Waals surface area contributed by atoms with Crippen LogP contribution < -0.4 is 5.32 Å². The molecular weight excluding hydrogens is 300 g/mol. The highest BCUT2D eigenvalue weighted by molar-refractivity contribution is 7.08. The molecule has 0 aliphatic rings. The molecule has 0 unspecified atom stereocenters. The van der Waals surface area contributed by atoms with Crippen molar-refractivity contribution in [2.75, 3.05) is 0 Å². The number of aryl methyl sites for hydroxylation is 1. The number of nitro groups is 1. The first-order valence-corrected chi connectivity index (χ1v) is 7.05. The summed E-state index contributed by atoms with van der Waals surface area (Å²) in [5, 5.41) is 17.3. The number of thiophene rings is 1. The summed E-state index contributed by atoms with van der Waals surface area (Å²) in [6, 6.07) is 3.92. The zero-order valence-corrected chi connectivity index (χ0v) is 12.1. The summed E-state index contributed by atoms with van der Waals surface area (Å²) in [6.45, 7) is 2.39. The van der Waals surface area contributed by atoms with E-state index in [-0.39, 0.29) is 16.6 Å². The molecule has 1 heterocycles. The SMILES string of the molecule is Cc1cscc1CNC(=O)c1ccc([N+](=O)[O-])c(Cl)c1. The van der Waals surface area contributed by atoms with Crippen molar-refractivity contribution in [2.45, 2.75) is 13.5 Å². The third-order valence-electron chi connectivity index (χ3n) is 2.81. The van der Waals surface area contributed by atoms with Crippen LogP contribution in [0, 0.1) is 17.0 Å². The molecule has 5 nitrogen and oxygen atoms in total. The highest BCUT2D eigenvalue weighted by Crippen LogP contribution is 2.25. The highest BCUT2D eigenvalue weighted by Gasteiger charge is 2.15. The lowest BCUT2D eigenvalue weighted by molar-refractivity contribution is -0.384. The molecule has 2 aromatic rings. The lowest BCUT2D eigenvalue weighted by Crippen LogP contribution is -2.22. The molecule has 0 spiro atoms. The number of halogens is 1. The van der Waals surface area contributed by atoms with E-state index in [1.807, 2.05) is 17.7 Å². The number of carbonyl (C=O) groups is 1. The lowest BCUT2D eigenvalue weighted by Gasteiger charge is -2.05. The van der Waals surface area contributed by atoms with Crippen LogP contribution in [0.2, 0.25) is 5.02 Å². The molecule has 0 radical (unpaired) electrons. The Bertz CT molecular complexity index is 669. The summed E-state index contributed by atoms with van der Waals surface area (Å²) in [5.74, 6) is -0.313. The van der Waals surface area contributed by atoms with Crippen molar-refractivity contribution in [3.8, 4) is 0 Å². The Kier molecular flexibility index (Phi) is 4.36. The first-order chi connectivity index (χ1) is 9.49. The Hall–Kier alpha value is -1.92. The van der Waals surface area contributed by atoms with E-state index < -0.39 is 4.92 Å². The van der Waals surface area contributed by atoms with Crippen LogP contribution in [0.5, 0.6) is 0 Å². The second-order valence-corrected chi connectivity index (χ2v) is 5.34. The number of hydrogen-bond acceptors (Lipinski definition) is 4. The zero-order valence-electron chi connectivity index (χ0n) is 10.6. The van der Waals surface area contributed by atoms with Gasteiger partial charge in [0, 0.05) is 18.2 Å². The van der Waals surface area contributed by atoms with Gasteiger partial charge < -0.3 is 5.32 Å². The van der Waals surface area contributed by atoms with E-state index in [9.17, 15) is 14.9 Å². The molecule has 0 atom stereocenters. The van der Waals surface area contributed by atoms with Crippen LogP contribution in [-0.4, -0.2) is 10.8 Å². The summed E-state index contributed by atoms with van der Waals surface area (Å²) in [4.78, 5) is 22.0. The van der Waals surface area contributed by atoms with Gasteiger partial charge in [0.2, 0.25) is 0 Å². The molecule has 0 saturated carbocycles. The van der Waals surface area contributed by atoms with Crippen molar-refractivity contribution >= 4 is 34.5 Å². The van der Waals surface area contributed by atoms with E-state index in [0.29, 0.717) is 12.1 Å². The van der Waals surface area contributed by atoms with Gasteiger partial charge in [0.15, 0.2) is 0 Å². The fourth-order valence-electron chi connectivity index (χ4n) is 1.64. The number of amides is 1. The molecule has 20 heavy (non-hydrogen) atoms. The first kappa shape index (κ1) is 14.5. The maximum Gasteiger partial charge on any atom is 0.287 e. The molecule has 7 heteroatoms. The topological polar surface area (TPSA) is 72.2 Å². The summed E-state index contributed by atoms with van der Waals surface area (Å²) in [6.07, 6.45) is 0. The van der Waals surface area contributed by atoms with E-state index in [0.717, 1.165) is 11.1 Å². The van der Waals surface area contributed by atoms with Crippen molar-refractivity contribution in [1.29, 1.82) is 0 Å². The van der Waals surface area contributed by atoms with E-state index in [2.05, 4.69) is 5.32 Å². The van der Waals surface area contributed by atoms with Crippen molar-refractivity contribution < 1.29 is 9.72 Å². The fourth-order valence-corrected chi connectivity index (χ4v) is 2.75. The highest BCUT2D eigenvalue weighted by atomic mass is 35.5. The smallest absolute Gasteiger partial charge is 0.287 e. The monoisotopic (exact) mass is 310 g/mol. The van der Waals surface area contributed by atoms with Crippen molar-refractivity contribution in [3.63, 3.8) is 0 Å². The second-order valence-electron chi connectivity index (χ2n) is 4.19. The third-order valence-corrected chi connectivity index (χ3v) is 4.02. The lowest BCUT2D eigenvalue weighted by atomic mass is 10.2. The minimum absolute atomic E-state index is 0.0469. The average molecular weight is 311 g/mol. The molecule has 2 rings (SSSR count). The Balaban J connectivity index is 2.08. The molecule has 0 saturated heterocycles. The van der Waals surface area contributed by atoms with Gasteiger partial charge in [-0.3, -0.25) is 14.9 Å². The predicted octanol–water partition coefficient (Wildman–Crippen LogP) is 3.55. The standard InChI is InChI=1S/C13H11ClN2O3S/c1-8-6-20-7-10(8)5-15-13(17)9-2-3-12(16(18)19)11(14)4-9/h2-4,6-7H,5H2,1H3,(H,15,17). The van der Waals surface area contributed by atoms with Gasteiger partial charge >= 0.3 is 0 Å². The van der Waals surface area contributed by atoms with E-state index >= 15 is 0 Å². The Morgan fingerprint density at radius 1 is 1.45 bits per heavy atom. The minimum atomic E-state index is -0.585. The number of nitrogens with zero attached hydrogens (tertiary/aromatic N) is 1. The molecule has 1 N–H and O–H groups in total. The van der Waals surface area contributed by atoms with Crippen molar-refractivity contribution in [2.24, 2.45) is 0 Å². The molecule has 1 aromatic carbocycles. The molecule has 0 aliphatic heterocycles. The third kappa shape index (κ3) is 3.15. The van der Waals surface area contributed by atoms with Gasteiger partial charge in [0.05, 0.1) is 4.92 Å². The van der Waals surface area contributed by atoms with Crippen LogP contribution in [0.25, 0.3) is 0 Å². The maximum absolute atomic E-state index is 11.9. The molecule has 0 fully saturated rings. The van der Waals surface area contributed by atoms with Gasteiger partial charge in [0.25, 0.3) is 11.6 Å². The average Bonchev–Trinajstić information content (AvgIpc) is 2.81. The van der Waals surface area contributed by atoms with Crippen LogP contribution >= 0.6 is 22.9 Å². The van der Waals surface area contributed by atoms with Crippen LogP contribution in [0.15, 0.2) is 29.0 Å². The quantitative estimate of drug-likeness (QED) is 0.693. The molecular formula is C13H11ClN2O3S. The Morgan fingerprint density at radius 3 is 2.75 bits per heavy atom. The summed E-state index contributed by atoms with van der Waals surface area (Å²) in [7, 11) is 0. The summed E-state index contributed by atoms with van der Waals surface area (Å²) in [5.41, 5.74) is 2.26. The number of nitro benzene ring substituents is 1.